The fraction of sp³-hybridized carbons (Fsp3) is 0.308. The van der Waals surface area contributed by atoms with Gasteiger partial charge in [0.2, 0.25) is 5.76 Å². The number of carboxylic acids is 1. The van der Waals surface area contributed by atoms with Crippen LogP contribution in [0.15, 0.2) is 22.6 Å². The van der Waals surface area contributed by atoms with E-state index in [2.05, 4.69) is 0 Å². The van der Waals surface area contributed by atoms with Crippen LogP contribution in [0.4, 0.5) is 18.9 Å². The Morgan fingerprint density at radius 2 is 2.15 bits per heavy atom. The molecule has 1 aliphatic rings. The number of carboxylic acid groups (broad SMARTS) is 1. The van der Waals surface area contributed by atoms with Crippen molar-refractivity contribution >= 4 is 22.6 Å². The molecular weight excluding hydrogens is 275 g/mol. The van der Waals surface area contributed by atoms with Crippen LogP contribution >= 0.6 is 0 Å². The molecule has 1 saturated heterocycles. The molecule has 0 bridgehead atoms. The molecule has 2 heterocycles. The van der Waals surface area contributed by atoms with Gasteiger partial charge in [0.05, 0.1) is 11.4 Å². The molecule has 1 aromatic carbocycles. The van der Waals surface area contributed by atoms with Crippen molar-refractivity contribution < 1.29 is 27.5 Å². The van der Waals surface area contributed by atoms with Crippen molar-refractivity contribution in [3.8, 4) is 0 Å². The predicted octanol–water partition coefficient (Wildman–Crippen LogP) is 3.11. The first-order valence-electron chi connectivity index (χ1n) is 5.98. The SMILES string of the molecule is O=C(O)c1cc2c(F)cc(N3CCC3C(F)F)cc2o1. The van der Waals surface area contributed by atoms with Gasteiger partial charge in [0, 0.05) is 24.4 Å². The van der Waals surface area contributed by atoms with Gasteiger partial charge < -0.3 is 14.4 Å². The number of aromatic carboxylic acids is 1. The van der Waals surface area contributed by atoms with E-state index in [0.29, 0.717) is 13.0 Å². The zero-order chi connectivity index (χ0) is 14.4. The van der Waals surface area contributed by atoms with Gasteiger partial charge in [-0.3, -0.25) is 0 Å². The third kappa shape index (κ3) is 1.90. The zero-order valence-corrected chi connectivity index (χ0v) is 10.1. The van der Waals surface area contributed by atoms with E-state index in [4.69, 9.17) is 9.52 Å². The smallest absolute Gasteiger partial charge is 0.371 e. The molecule has 2 aromatic rings. The molecule has 0 spiro atoms. The van der Waals surface area contributed by atoms with Crippen LogP contribution in [0.5, 0.6) is 0 Å². The molecule has 20 heavy (non-hydrogen) atoms. The van der Waals surface area contributed by atoms with Crippen LogP contribution in [0.25, 0.3) is 11.0 Å². The van der Waals surface area contributed by atoms with Crippen molar-refractivity contribution in [3.05, 3.63) is 29.8 Å². The molecule has 106 valence electrons. The Hall–Kier alpha value is -2.18. The van der Waals surface area contributed by atoms with Crippen molar-refractivity contribution in [1.82, 2.24) is 0 Å². The molecule has 1 aliphatic heterocycles. The largest absolute Gasteiger partial charge is 0.475 e. The lowest BCUT2D eigenvalue weighted by molar-refractivity contribution is 0.0665. The summed E-state index contributed by atoms with van der Waals surface area (Å²) < 4.78 is 44.3. The lowest BCUT2D eigenvalue weighted by atomic mass is 10.0. The van der Waals surface area contributed by atoms with Gasteiger partial charge in [-0.15, -0.1) is 0 Å². The van der Waals surface area contributed by atoms with Gasteiger partial charge in [-0.1, -0.05) is 0 Å². The van der Waals surface area contributed by atoms with Crippen LogP contribution in [0.2, 0.25) is 0 Å². The Kier molecular flexibility index (Phi) is 2.84. The van der Waals surface area contributed by atoms with E-state index < -0.39 is 24.3 Å². The third-order valence-electron chi connectivity index (χ3n) is 3.47. The highest BCUT2D eigenvalue weighted by Gasteiger charge is 2.36. The summed E-state index contributed by atoms with van der Waals surface area (Å²) in [5, 5.41) is 8.83. The van der Waals surface area contributed by atoms with E-state index >= 15 is 0 Å². The van der Waals surface area contributed by atoms with Crippen molar-refractivity contribution in [2.24, 2.45) is 0 Å². The normalized spacial score (nSPS) is 18.6. The van der Waals surface area contributed by atoms with E-state index in [9.17, 15) is 18.0 Å². The van der Waals surface area contributed by atoms with Crippen LogP contribution in [0, 0.1) is 5.82 Å². The number of rotatable bonds is 3. The van der Waals surface area contributed by atoms with Crippen LogP contribution in [-0.4, -0.2) is 30.1 Å². The minimum Gasteiger partial charge on any atom is -0.475 e. The molecule has 1 unspecified atom stereocenters. The first kappa shape index (κ1) is 12.8. The molecule has 0 aliphatic carbocycles. The molecular formula is C13H10F3NO3. The number of nitrogens with zero attached hydrogens (tertiary/aromatic N) is 1. The molecule has 1 atom stereocenters. The fourth-order valence-electron chi connectivity index (χ4n) is 2.34. The minimum absolute atomic E-state index is 0.0280. The highest BCUT2D eigenvalue weighted by molar-refractivity contribution is 5.92. The maximum absolute atomic E-state index is 13.9. The Morgan fingerprint density at radius 1 is 1.40 bits per heavy atom. The van der Waals surface area contributed by atoms with E-state index in [1.807, 2.05) is 0 Å². The van der Waals surface area contributed by atoms with Crippen LogP contribution < -0.4 is 4.90 Å². The van der Waals surface area contributed by atoms with Gasteiger partial charge in [-0.25, -0.2) is 18.0 Å². The summed E-state index contributed by atoms with van der Waals surface area (Å²) in [6.45, 7) is 0.409. The Balaban J connectivity index is 2.03. The lowest BCUT2D eigenvalue weighted by Crippen LogP contribution is -2.52. The Bertz CT molecular complexity index is 683. The van der Waals surface area contributed by atoms with Crippen molar-refractivity contribution in [2.75, 3.05) is 11.4 Å². The second-order valence-corrected chi connectivity index (χ2v) is 4.64. The maximum atomic E-state index is 13.9. The molecule has 1 fully saturated rings. The summed E-state index contributed by atoms with van der Waals surface area (Å²) in [6, 6.07) is 2.66. The van der Waals surface area contributed by atoms with E-state index in [-0.39, 0.29) is 22.4 Å². The highest BCUT2D eigenvalue weighted by Crippen LogP contribution is 2.34. The van der Waals surface area contributed by atoms with E-state index in [1.165, 1.54) is 11.0 Å². The van der Waals surface area contributed by atoms with Crippen LogP contribution in [0.1, 0.15) is 17.0 Å². The number of alkyl halides is 2. The summed E-state index contributed by atoms with van der Waals surface area (Å²) >= 11 is 0. The topological polar surface area (TPSA) is 53.7 Å². The second kappa shape index (κ2) is 4.43. The quantitative estimate of drug-likeness (QED) is 0.941. The number of fused-ring (bicyclic) bond motifs is 1. The number of hydrogen-bond donors (Lipinski definition) is 1. The van der Waals surface area contributed by atoms with Crippen LogP contribution in [0.3, 0.4) is 0 Å². The summed E-state index contributed by atoms with van der Waals surface area (Å²) in [5.41, 5.74) is 0.315. The summed E-state index contributed by atoms with van der Waals surface area (Å²) in [6.07, 6.45) is -2.16. The first-order valence-corrected chi connectivity index (χ1v) is 5.98. The average Bonchev–Trinajstić information content (AvgIpc) is 2.71. The van der Waals surface area contributed by atoms with Crippen molar-refractivity contribution in [1.29, 1.82) is 0 Å². The van der Waals surface area contributed by atoms with Gasteiger partial charge in [0.25, 0.3) is 6.43 Å². The van der Waals surface area contributed by atoms with Gasteiger partial charge in [0.1, 0.15) is 11.4 Å². The summed E-state index contributed by atoms with van der Waals surface area (Å²) in [5.74, 6) is -2.38. The van der Waals surface area contributed by atoms with Crippen molar-refractivity contribution in [3.63, 3.8) is 0 Å². The summed E-state index contributed by atoms with van der Waals surface area (Å²) in [7, 11) is 0. The van der Waals surface area contributed by atoms with Crippen molar-refractivity contribution in [2.45, 2.75) is 18.9 Å². The molecule has 1 N–H and O–H groups in total. The molecule has 3 rings (SSSR count). The number of halogens is 3. The second-order valence-electron chi connectivity index (χ2n) is 4.64. The van der Waals surface area contributed by atoms with Gasteiger partial charge in [-0.05, 0) is 12.5 Å². The van der Waals surface area contributed by atoms with E-state index in [1.54, 1.807) is 0 Å². The summed E-state index contributed by atoms with van der Waals surface area (Å²) in [4.78, 5) is 12.2. The highest BCUT2D eigenvalue weighted by atomic mass is 19.3. The Labute approximate surface area is 111 Å². The molecule has 0 amide bonds. The monoisotopic (exact) mass is 285 g/mol. The Morgan fingerprint density at radius 3 is 2.70 bits per heavy atom. The molecule has 1 aromatic heterocycles. The maximum Gasteiger partial charge on any atom is 0.371 e. The zero-order valence-electron chi connectivity index (χ0n) is 10.1. The first-order chi connectivity index (χ1) is 9.47. The lowest BCUT2D eigenvalue weighted by Gasteiger charge is -2.42. The third-order valence-corrected chi connectivity index (χ3v) is 3.47. The number of furan rings is 1. The molecule has 0 saturated carbocycles. The standard InChI is InChI=1S/C13H10F3NO3/c14-8-3-6(17-2-1-9(17)12(15)16)4-10-7(8)5-11(20-10)13(18)19/h3-5,9,12H,1-2H2,(H,18,19). The van der Waals surface area contributed by atoms with Gasteiger partial charge in [-0.2, -0.15) is 0 Å². The van der Waals surface area contributed by atoms with E-state index in [0.717, 1.165) is 12.1 Å². The minimum atomic E-state index is -2.51. The molecule has 4 nitrogen and oxygen atoms in total. The average molecular weight is 285 g/mol. The van der Waals surface area contributed by atoms with Gasteiger partial charge in [0.15, 0.2) is 0 Å². The van der Waals surface area contributed by atoms with Crippen LogP contribution in [-0.2, 0) is 0 Å². The van der Waals surface area contributed by atoms with Gasteiger partial charge >= 0.3 is 5.97 Å². The molecule has 0 radical (unpaired) electrons. The number of carbonyl (C=O) groups is 1. The molecule has 7 heteroatoms. The number of anilines is 1. The fourth-order valence-corrected chi connectivity index (χ4v) is 2.34. The number of hydrogen-bond acceptors (Lipinski definition) is 3. The number of benzene rings is 1. The predicted molar refractivity (Wildman–Crippen MR) is 64.9 cm³/mol.